The van der Waals surface area contributed by atoms with E-state index in [0.717, 1.165) is 35.3 Å². The smallest absolute Gasteiger partial charge is 0.263 e. The van der Waals surface area contributed by atoms with Crippen molar-refractivity contribution >= 4 is 27.5 Å². The number of hydrogen-bond acceptors (Lipinski definition) is 4. The van der Waals surface area contributed by atoms with Gasteiger partial charge < -0.3 is 9.64 Å². The second-order valence-corrected chi connectivity index (χ2v) is 7.74. The van der Waals surface area contributed by atoms with E-state index in [9.17, 15) is 4.79 Å². The van der Waals surface area contributed by atoms with Crippen molar-refractivity contribution in [2.24, 2.45) is 0 Å². The zero-order valence-corrected chi connectivity index (χ0v) is 16.7. The van der Waals surface area contributed by atoms with Crippen molar-refractivity contribution < 1.29 is 9.53 Å². The van der Waals surface area contributed by atoms with Crippen molar-refractivity contribution in [2.75, 3.05) is 13.1 Å². The van der Waals surface area contributed by atoms with E-state index in [1.807, 2.05) is 58.0 Å². The van der Waals surface area contributed by atoms with Crippen molar-refractivity contribution in [3.63, 3.8) is 0 Å². The molecule has 0 aliphatic carbocycles. The van der Waals surface area contributed by atoms with Gasteiger partial charge in [0.05, 0.1) is 0 Å². The number of pyridine rings is 1. The van der Waals surface area contributed by atoms with E-state index in [4.69, 9.17) is 4.74 Å². The van der Waals surface area contributed by atoms with Crippen LogP contribution in [0.15, 0.2) is 53.1 Å². The molecule has 4 rings (SSSR count). The molecule has 0 bridgehead atoms. The van der Waals surface area contributed by atoms with E-state index in [2.05, 4.69) is 26.1 Å². The summed E-state index contributed by atoms with van der Waals surface area (Å²) in [5.41, 5.74) is 0.836. The van der Waals surface area contributed by atoms with Gasteiger partial charge >= 0.3 is 0 Å². The first kappa shape index (κ1) is 18.0. The molecule has 1 aliphatic heterocycles. The molecule has 0 saturated carbocycles. The first-order chi connectivity index (χ1) is 13.1. The van der Waals surface area contributed by atoms with Crippen LogP contribution in [0.3, 0.4) is 0 Å². The summed E-state index contributed by atoms with van der Waals surface area (Å²) in [7, 11) is 0. The molecule has 0 spiro atoms. The van der Waals surface area contributed by atoms with Crippen molar-refractivity contribution in [1.29, 1.82) is 0 Å². The maximum Gasteiger partial charge on any atom is 0.263 e. The Morgan fingerprint density at radius 3 is 2.85 bits per heavy atom. The summed E-state index contributed by atoms with van der Waals surface area (Å²) in [4.78, 5) is 14.8. The second-order valence-electron chi connectivity index (χ2n) is 6.82. The lowest BCUT2D eigenvalue weighted by molar-refractivity contribution is -0.139. The highest BCUT2D eigenvalue weighted by Gasteiger charge is 2.30. The Kier molecular flexibility index (Phi) is 5.11. The Hall–Kier alpha value is -2.41. The predicted molar refractivity (Wildman–Crippen MR) is 106 cm³/mol. The summed E-state index contributed by atoms with van der Waals surface area (Å²) >= 11 is 3.40. The third-order valence-electron chi connectivity index (χ3n) is 4.91. The summed E-state index contributed by atoms with van der Waals surface area (Å²) in [6.45, 7) is 3.20. The number of carbonyl (C=O) groups is 1. The normalized spacial score (nSPS) is 18.4. The van der Waals surface area contributed by atoms with Crippen LogP contribution in [-0.2, 0) is 4.79 Å². The van der Waals surface area contributed by atoms with Crippen LogP contribution in [0, 0.1) is 0 Å². The quantitative estimate of drug-likeness (QED) is 0.635. The minimum atomic E-state index is -0.528. The summed E-state index contributed by atoms with van der Waals surface area (Å²) in [5.74, 6) is 1.80. The van der Waals surface area contributed by atoms with Crippen molar-refractivity contribution in [1.82, 2.24) is 19.5 Å². The van der Waals surface area contributed by atoms with E-state index in [1.165, 1.54) is 0 Å². The number of aromatic nitrogens is 3. The van der Waals surface area contributed by atoms with Crippen molar-refractivity contribution in [3.05, 3.63) is 59.0 Å². The Morgan fingerprint density at radius 1 is 1.22 bits per heavy atom. The van der Waals surface area contributed by atoms with Crippen molar-refractivity contribution in [3.8, 4) is 5.75 Å². The number of halogens is 1. The van der Waals surface area contributed by atoms with E-state index >= 15 is 0 Å². The van der Waals surface area contributed by atoms with Crippen LogP contribution >= 0.6 is 15.9 Å². The predicted octanol–water partition coefficient (Wildman–Crippen LogP) is 3.67. The topological polar surface area (TPSA) is 59.7 Å². The molecule has 2 unspecified atom stereocenters. The minimum Gasteiger partial charge on any atom is -0.481 e. The largest absolute Gasteiger partial charge is 0.481 e. The molecule has 2 aromatic heterocycles. The third kappa shape index (κ3) is 3.83. The van der Waals surface area contributed by atoms with Crippen LogP contribution in [-0.4, -0.2) is 44.6 Å². The highest BCUT2D eigenvalue weighted by molar-refractivity contribution is 9.10. The van der Waals surface area contributed by atoms with Gasteiger partial charge in [-0.1, -0.05) is 22.0 Å². The van der Waals surface area contributed by atoms with Crippen molar-refractivity contribution in [2.45, 2.75) is 31.8 Å². The van der Waals surface area contributed by atoms with Crippen LogP contribution in [0.1, 0.15) is 31.5 Å². The number of benzene rings is 1. The molecule has 1 saturated heterocycles. The van der Waals surface area contributed by atoms with Gasteiger partial charge in [0.2, 0.25) is 0 Å². The van der Waals surface area contributed by atoms with Crippen LogP contribution in [0.4, 0.5) is 0 Å². The van der Waals surface area contributed by atoms with Gasteiger partial charge in [-0.05, 0) is 56.2 Å². The monoisotopic (exact) mass is 428 g/mol. The molecule has 6 nitrogen and oxygen atoms in total. The second kappa shape index (κ2) is 7.68. The standard InChI is InChI=1S/C20H21BrN4O2/c1-14(27-17-9-7-16(21)8-10-17)20(26)24-11-4-5-15(13-24)19-23-22-18-6-2-3-12-25(18)19/h2-3,6-10,12,14-15H,4-5,11,13H2,1H3. The number of rotatable bonds is 4. The molecule has 140 valence electrons. The van der Waals surface area contributed by atoms with Crippen LogP contribution in [0.25, 0.3) is 5.65 Å². The molecule has 3 aromatic rings. The van der Waals surface area contributed by atoms with E-state index in [-0.39, 0.29) is 11.8 Å². The van der Waals surface area contributed by atoms with Crippen LogP contribution in [0.2, 0.25) is 0 Å². The average Bonchev–Trinajstić information content (AvgIpc) is 3.13. The SMILES string of the molecule is CC(Oc1ccc(Br)cc1)C(=O)N1CCCC(c2nnc3ccccn23)C1. The maximum atomic E-state index is 12.9. The number of amides is 1. The maximum absolute atomic E-state index is 12.9. The fourth-order valence-electron chi connectivity index (χ4n) is 3.55. The molecule has 3 heterocycles. The average molecular weight is 429 g/mol. The Bertz CT molecular complexity index is 941. The lowest BCUT2D eigenvalue weighted by Crippen LogP contribution is -2.45. The molecule has 1 aromatic carbocycles. The summed E-state index contributed by atoms with van der Waals surface area (Å²) < 4.78 is 8.83. The fraction of sp³-hybridized carbons (Fsp3) is 0.350. The van der Waals surface area contributed by atoms with Crippen LogP contribution in [0.5, 0.6) is 5.75 Å². The zero-order valence-electron chi connectivity index (χ0n) is 15.1. The Morgan fingerprint density at radius 2 is 2.04 bits per heavy atom. The molecule has 1 fully saturated rings. The molecule has 27 heavy (non-hydrogen) atoms. The van der Waals surface area contributed by atoms with E-state index < -0.39 is 6.10 Å². The lowest BCUT2D eigenvalue weighted by atomic mass is 9.97. The highest BCUT2D eigenvalue weighted by atomic mass is 79.9. The molecule has 0 N–H and O–H groups in total. The van der Waals surface area contributed by atoms with Gasteiger partial charge in [-0.15, -0.1) is 10.2 Å². The van der Waals surface area contributed by atoms with Gasteiger partial charge in [0.1, 0.15) is 11.6 Å². The number of fused-ring (bicyclic) bond motifs is 1. The van der Waals surface area contributed by atoms with Crippen LogP contribution < -0.4 is 4.74 Å². The highest BCUT2D eigenvalue weighted by Crippen LogP contribution is 2.27. The van der Waals surface area contributed by atoms with Gasteiger partial charge in [-0.2, -0.15) is 0 Å². The van der Waals surface area contributed by atoms with Gasteiger partial charge in [-0.3, -0.25) is 9.20 Å². The van der Waals surface area contributed by atoms with Gasteiger partial charge in [-0.25, -0.2) is 0 Å². The Labute approximate surface area is 166 Å². The number of piperidine rings is 1. The Balaban J connectivity index is 1.45. The lowest BCUT2D eigenvalue weighted by Gasteiger charge is -2.33. The number of nitrogens with zero attached hydrogens (tertiary/aromatic N) is 4. The summed E-state index contributed by atoms with van der Waals surface area (Å²) in [6.07, 6.45) is 3.40. The fourth-order valence-corrected chi connectivity index (χ4v) is 3.82. The molecular weight excluding hydrogens is 408 g/mol. The van der Waals surface area contributed by atoms with Gasteiger partial charge in [0.15, 0.2) is 11.8 Å². The summed E-state index contributed by atoms with van der Waals surface area (Å²) in [6, 6.07) is 13.4. The minimum absolute atomic E-state index is 0.0106. The third-order valence-corrected chi connectivity index (χ3v) is 5.44. The summed E-state index contributed by atoms with van der Waals surface area (Å²) in [5, 5.41) is 8.62. The van der Waals surface area contributed by atoms with Gasteiger partial charge in [0.25, 0.3) is 5.91 Å². The zero-order chi connectivity index (χ0) is 18.8. The molecule has 1 amide bonds. The first-order valence-corrected chi connectivity index (χ1v) is 9.92. The number of hydrogen-bond donors (Lipinski definition) is 0. The molecular formula is C20H21BrN4O2. The molecule has 7 heteroatoms. The number of likely N-dealkylation sites (tertiary alicyclic amines) is 1. The molecule has 2 atom stereocenters. The van der Waals surface area contributed by atoms with E-state index in [0.29, 0.717) is 12.3 Å². The first-order valence-electron chi connectivity index (χ1n) is 9.12. The molecule has 0 radical (unpaired) electrons. The molecule has 1 aliphatic rings. The van der Waals surface area contributed by atoms with Gasteiger partial charge in [0, 0.05) is 29.7 Å². The van der Waals surface area contributed by atoms with E-state index in [1.54, 1.807) is 6.92 Å². The number of ether oxygens (including phenoxy) is 1. The number of carbonyl (C=O) groups excluding carboxylic acids is 1.